The van der Waals surface area contributed by atoms with Gasteiger partial charge in [-0.2, -0.15) is 0 Å². The molecule has 0 saturated carbocycles. The standard InChI is InChI=1S/C11H12O/c1-10-7-8-5-3-4-6-9(8)11(10,2)12-10/h3-6H,7H2,1-2H3/t10-,11+/m0/s1. The van der Waals surface area contributed by atoms with E-state index in [1.807, 2.05) is 0 Å². The summed E-state index contributed by atoms with van der Waals surface area (Å²) >= 11 is 0. The molecular formula is C11H12O. The summed E-state index contributed by atoms with van der Waals surface area (Å²) in [5, 5.41) is 0. The summed E-state index contributed by atoms with van der Waals surface area (Å²) in [4.78, 5) is 0. The molecule has 1 heteroatoms. The van der Waals surface area contributed by atoms with Gasteiger partial charge in [0.05, 0.1) is 0 Å². The van der Waals surface area contributed by atoms with Crippen LogP contribution in [0.3, 0.4) is 0 Å². The van der Waals surface area contributed by atoms with Crippen molar-refractivity contribution >= 4 is 0 Å². The minimum absolute atomic E-state index is 0.0313. The first-order valence-electron chi connectivity index (χ1n) is 4.44. The molecule has 2 atom stereocenters. The van der Waals surface area contributed by atoms with Crippen molar-refractivity contribution in [2.45, 2.75) is 31.5 Å². The molecule has 0 spiro atoms. The van der Waals surface area contributed by atoms with Crippen LogP contribution in [0, 0.1) is 0 Å². The van der Waals surface area contributed by atoms with E-state index in [2.05, 4.69) is 38.1 Å². The number of ether oxygens (including phenoxy) is 1. The smallest absolute Gasteiger partial charge is 0.120 e. The monoisotopic (exact) mass is 160 g/mol. The van der Waals surface area contributed by atoms with Crippen molar-refractivity contribution in [3.05, 3.63) is 35.4 Å². The zero-order chi connectivity index (χ0) is 8.40. The van der Waals surface area contributed by atoms with Crippen molar-refractivity contribution < 1.29 is 4.74 Å². The minimum Gasteiger partial charge on any atom is -0.358 e. The minimum atomic E-state index is 0.0313. The Labute approximate surface area is 72.4 Å². The van der Waals surface area contributed by atoms with Gasteiger partial charge in [0.1, 0.15) is 11.2 Å². The number of epoxide rings is 1. The highest BCUT2D eigenvalue weighted by Gasteiger charge is 2.68. The fourth-order valence-electron chi connectivity index (χ4n) is 2.47. The third-order valence-corrected chi connectivity index (χ3v) is 3.46. The normalized spacial score (nSPS) is 42.2. The van der Waals surface area contributed by atoms with Crippen LogP contribution in [0.1, 0.15) is 25.0 Å². The first-order valence-corrected chi connectivity index (χ1v) is 4.44. The van der Waals surface area contributed by atoms with E-state index in [1.165, 1.54) is 11.1 Å². The molecule has 1 aliphatic carbocycles. The fraction of sp³-hybridized carbons (Fsp3) is 0.455. The van der Waals surface area contributed by atoms with Crippen LogP contribution in [0.15, 0.2) is 24.3 Å². The Bertz CT molecular complexity index is 358. The Morgan fingerprint density at radius 3 is 2.75 bits per heavy atom. The van der Waals surface area contributed by atoms with Gasteiger partial charge in [-0.15, -0.1) is 0 Å². The Balaban J connectivity index is 2.24. The average molecular weight is 160 g/mol. The first kappa shape index (κ1) is 6.67. The topological polar surface area (TPSA) is 12.5 Å². The molecule has 3 rings (SSSR count). The van der Waals surface area contributed by atoms with Gasteiger partial charge >= 0.3 is 0 Å². The van der Waals surface area contributed by atoms with Crippen LogP contribution in [0.25, 0.3) is 0 Å². The maximum absolute atomic E-state index is 5.75. The Hall–Kier alpha value is -0.820. The van der Waals surface area contributed by atoms with Gasteiger partial charge in [0.2, 0.25) is 0 Å². The van der Waals surface area contributed by atoms with Crippen molar-refractivity contribution in [2.24, 2.45) is 0 Å². The summed E-state index contributed by atoms with van der Waals surface area (Å²) in [5.41, 5.74) is 3.00. The predicted octanol–water partition coefficient (Wildman–Crippen LogP) is 2.25. The molecule has 0 aromatic heterocycles. The lowest BCUT2D eigenvalue weighted by molar-refractivity contribution is 0.266. The molecule has 1 aliphatic heterocycles. The summed E-state index contributed by atoms with van der Waals surface area (Å²) in [6, 6.07) is 8.60. The predicted molar refractivity (Wildman–Crippen MR) is 47.0 cm³/mol. The van der Waals surface area contributed by atoms with E-state index in [9.17, 15) is 0 Å². The molecule has 1 aromatic rings. The lowest BCUT2D eigenvalue weighted by Gasteiger charge is -2.04. The second-order valence-electron chi connectivity index (χ2n) is 4.20. The molecule has 1 aromatic carbocycles. The van der Waals surface area contributed by atoms with Gasteiger partial charge in [0.15, 0.2) is 0 Å². The number of hydrogen-bond donors (Lipinski definition) is 0. The lowest BCUT2D eigenvalue weighted by atomic mass is 9.97. The summed E-state index contributed by atoms with van der Waals surface area (Å²) in [7, 11) is 0. The first-order chi connectivity index (χ1) is 5.66. The van der Waals surface area contributed by atoms with Crippen molar-refractivity contribution in [2.75, 3.05) is 0 Å². The zero-order valence-electron chi connectivity index (χ0n) is 7.42. The highest BCUT2D eigenvalue weighted by atomic mass is 16.6. The van der Waals surface area contributed by atoms with E-state index in [-0.39, 0.29) is 11.2 Å². The van der Waals surface area contributed by atoms with Crippen LogP contribution in [0.4, 0.5) is 0 Å². The molecule has 1 heterocycles. The molecule has 12 heavy (non-hydrogen) atoms. The molecule has 0 radical (unpaired) electrons. The lowest BCUT2D eigenvalue weighted by Crippen LogP contribution is -2.11. The van der Waals surface area contributed by atoms with E-state index in [1.54, 1.807) is 0 Å². The molecule has 0 N–H and O–H groups in total. The largest absolute Gasteiger partial charge is 0.358 e. The van der Waals surface area contributed by atoms with E-state index in [0.717, 1.165) is 6.42 Å². The van der Waals surface area contributed by atoms with Gasteiger partial charge in [-0.3, -0.25) is 0 Å². The molecule has 0 bridgehead atoms. The number of hydrogen-bond acceptors (Lipinski definition) is 1. The molecular weight excluding hydrogens is 148 g/mol. The summed E-state index contributed by atoms with van der Waals surface area (Å²) in [6.45, 7) is 4.39. The summed E-state index contributed by atoms with van der Waals surface area (Å²) in [5.74, 6) is 0. The quantitative estimate of drug-likeness (QED) is 0.530. The number of fused-ring (bicyclic) bond motifs is 3. The van der Waals surface area contributed by atoms with Gasteiger partial charge in [-0.25, -0.2) is 0 Å². The fourth-order valence-corrected chi connectivity index (χ4v) is 2.47. The van der Waals surface area contributed by atoms with Gasteiger partial charge in [-0.05, 0) is 25.0 Å². The number of rotatable bonds is 0. The highest BCUT2D eigenvalue weighted by molar-refractivity contribution is 5.46. The summed E-state index contributed by atoms with van der Waals surface area (Å²) < 4.78 is 5.75. The van der Waals surface area contributed by atoms with E-state index in [4.69, 9.17) is 4.74 Å². The molecule has 62 valence electrons. The molecule has 1 fully saturated rings. The molecule has 2 aliphatic rings. The molecule has 1 saturated heterocycles. The molecule has 0 amide bonds. The third kappa shape index (κ3) is 0.526. The highest BCUT2D eigenvalue weighted by Crippen LogP contribution is 2.62. The second-order valence-corrected chi connectivity index (χ2v) is 4.20. The van der Waals surface area contributed by atoms with Crippen LogP contribution < -0.4 is 0 Å². The van der Waals surface area contributed by atoms with Crippen LogP contribution in [0.2, 0.25) is 0 Å². The van der Waals surface area contributed by atoms with Crippen molar-refractivity contribution in [1.29, 1.82) is 0 Å². The SMILES string of the molecule is C[C@]12Cc3ccccc3[C@@]1(C)O2. The van der Waals surface area contributed by atoms with Crippen LogP contribution in [-0.2, 0) is 16.8 Å². The molecule has 1 nitrogen and oxygen atoms in total. The zero-order valence-corrected chi connectivity index (χ0v) is 7.42. The van der Waals surface area contributed by atoms with E-state index in [0.29, 0.717) is 0 Å². The van der Waals surface area contributed by atoms with Crippen molar-refractivity contribution in [3.63, 3.8) is 0 Å². The van der Waals surface area contributed by atoms with Crippen LogP contribution in [-0.4, -0.2) is 5.60 Å². The van der Waals surface area contributed by atoms with Crippen molar-refractivity contribution in [1.82, 2.24) is 0 Å². The Kier molecular flexibility index (Phi) is 0.887. The van der Waals surface area contributed by atoms with E-state index >= 15 is 0 Å². The van der Waals surface area contributed by atoms with Gasteiger partial charge in [0, 0.05) is 6.42 Å². The van der Waals surface area contributed by atoms with Gasteiger partial charge in [0.25, 0.3) is 0 Å². The van der Waals surface area contributed by atoms with Crippen molar-refractivity contribution in [3.8, 4) is 0 Å². The number of benzene rings is 1. The molecule has 0 unspecified atom stereocenters. The maximum atomic E-state index is 5.75. The average Bonchev–Trinajstić information content (AvgIpc) is 2.48. The second kappa shape index (κ2) is 1.60. The Morgan fingerprint density at radius 2 is 2.00 bits per heavy atom. The van der Waals surface area contributed by atoms with Gasteiger partial charge in [-0.1, -0.05) is 24.3 Å². The Morgan fingerprint density at radius 1 is 1.25 bits per heavy atom. The van der Waals surface area contributed by atoms with E-state index < -0.39 is 0 Å². The maximum Gasteiger partial charge on any atom is 0.120 e. The van der Waals surface area contributed by atoms with Crippen LogP contribution in [0.5, 0.6) is 0 Å². The van der Waals surface area contributed by atoms with Gasteiger partial charge < -0.3 is 4.74 Å². The third-order valence-electron chi connectivity index (χ3n) is 3.46. The van der Waals surface area contributed by atoms with Crippen LogP contribution >= 0.6 is 0 Å². The summed E-state index contributed by atoms with van der Waals surface area (Å²) in [6.07, 6.45) is 1.08.